The summed E-state index contributed by atoms with van der Waals surface area (Å²) in [6.07, 6.45) is 8.07. The number of hydrogen-bond acceptors (Lipinski definition) is 3. The summed E-state index contributed by atoms with van der Waals surface area (Å²) in [6.45, 7) is 1.95. The monoisotopic (exact) mass is 275 g/mol. The summed E-state index contributed by atoms with van der Waals surface area (Å²) in [6, 6.07) is 6.54. The molecule has 1 aliphatic carbocycles. The number of methoxy groups -OCH3 is 1. The van der Waals surface area contributed by atoms with Gasteiger partial charge in [-0.15, -0.1) is 0 Å². The maximum absolute atomic E-state index is 5.75. The van der Waals surface area contributed by atoms with Gasteiger partial charge in [0.2, 0.25) is 0 Å². The molecule has 3 nitrogen and oxygen atoms in total. The third-order valence-electron chi connectivity index (χ3n) is 4.63. The molecule has 1 aromatic carbocycles. The molecule has 1 fully saturated rings. The molecule has 0 spiro atoms. The smallest absolute Gasteiger partial charge is 0.124 e. The average molecular weight is 275 g/mol. The maximum Gasteiger partial charge on any atom is 0.124 e. The van der Waals surface area contributed by atoms with Crippen LogP contribution in [-0.2, 0) is 0 Å². The molecule has 1 aliphatic heterocycles. The van der Waals surface area contributed by atoms with E-state index in [1.54, 1.807) is 7.11 Å². The van der Waals surface area contributed by atoms with Crippen LogP contribution in [0.5, 0.6) is 11.5 Å². The number of hydrogen-bond donors (Lipinski definition) is 1. The minimum Gasteiger partial charge on any atom is -0.497 e. The van der Waals surface area contributed by atoms with Gasteiger partial charge < -0.3 is 14.8 Å². The molecular formula is C17H25NO2. The lowest BCUT2D eigenvalue weighted by Crippen LogP contribution is -2.31. The molecule has 20 heavy (non-hydrogen) atoms. The normalized spacial score (nSPS) is 22.9. The van der Waals surface area contributed by atoms with Crippen LogP contribution in [0, 0.1) is 5.92 Å². The van der Waals surface area contributed by atoms with E-state index in [4.69, 9.17) is 9.47 Å². The molecule has 1 saturated carbocycles. The highest BCUT2D eigenvalue weighted by molar-refractivity contribution is 5.43. The Hall–Kier alpha value is -1.22. The van der Waals surface area contributed by atoms with E-state index < -0.39 is 0 Å². The van der Waals surface area contributed by atoms with Crippen LogP contribution >= 0.6 is 0 Å². The van der Waals surface area contributed by atoms with Crippen molar-refractivity contribution in [3.8, 4) is 11.5 Å². The first-order valence-corrected chi connectivity index (χ1v) is 7.91. The Bertz CT molecular complexity index is 441. The molecule has 0 aromatic heterocycles. The molecule has 1 aromatic rings. The van der Waals surface area contributed by atoms with Gasteiger partial charge in [0.05, 0.1) is 13.7 Å². The predicted molar refractivity (Wildman–Crippen MR) is 80.4 cm³/mol. The fourth-order valence-electron chi connectivity index (χ4n) is 3.41. The van der Waals surface area contributed by atoms with Crippen LogP contribution in [0.3, 0.4) is 0 Å². The van der Waals surface area contributed by atoms with Crippen molar-refractivity contribution in [2.75, 3.05) is 20.3 Å². The number of benzene rings is 1. The van der Waals surface area contributed by atoms with Crippen molar-refractivity contribution >= 4 is 0 Å². The second kappa shape index (κ2) is 6.49. The molecule has 110 valence electrons. The topological polar surface area (TPSA) is 30.5 Å². The maximum atomic E-state index is 5.75. The second-order valence-electron chi connectivity index (χ2n) is 6.01. The first-order chi connectivity index (χ1) is 9.86. The molecule has 3 rings (SSSR count). The summed E-state index contributed by atoms with van der Waals surface area (Å²) >= 11 is 0. The molecule has 1 heterocycles. The summed E-state index contributed by atoms with van der Waals surface area (Å²) in [5, 5.41) is 3.76. The molecule has 1 unspecified atom stereocenters. The van der Waals surface area contributed by atoms with E-state index >= 15 is 0 Å². The summed E-state index contributed by atoms with van der Waals surface area (Å²) in [7, 11) is 1.72. The predicted octanol–water partition coefficient (Wildman–Crippen LogP) is 3.69. The van der Waals surface area contributed by atoms with Gasteiger partial charge in [-0.3, -0.25) is 0 Å². The highest BCUT2D eigenvalue weighted by Gasteiger charge is 2.23. The molecular weight excluding hydrogens is 250 g/mol. The van der Waals surface area contributed by atoms with Crippen molar-refractivity contribution in [1.29, 1.82) is 0 Å². The van der Waals surface area contributed by atoms with E-state index in [1.807, 2.05) is 12.1 Å². The van der Waals surface area contributed by atoms with Gasteiger partial charge in [-0.1, -0.05) is 19.3 Å². The summed E-state index contributed by atoms with van der Waals surface area (Å²) in [4.78, 5) is 0. The van der Waals surface area contributed by atoms with Gasteiger partial charge in [0.15, 0.2) is 0 Å². The Balaban J connectivity index is 1.65. The van der Waals surface area contributed by atoms with Gasteiger partial charge in [-0.05, 0) is 43.5 Å². The van der Waals surface area contributed by atoms with Crippen molar-refractivity contribution < 1.29 is 9.47 Å². The first-order valence-electron chi connectivity index (χ1n) is 7.91. The van der Waals surface area contributed by atoms with Crippen LogP contribution in [0.2, 0.25) is 0 Å². The van der Waals surface area contributed by atoms with E-state index in [1.165, 1.54) is 37.7 Å². The molecule has 0 radical (unpaired) electrons. The largest absolute Gasteiger partial charge is 0.497 e. The zero-order valence-corrected chi connectivity index (χ0v) is 12.4. The Morgan fingerprint density at radius 3 is 2.85 bits per heavy atom. The number of nitrogens with one attached hydrogen (secondary N) is 1. The SMILES string of the molecule is COc1ccc2c(c1)C(NCC1CCCCC1)CCO2. The minimum atomic E-state index is 0.413. The van der Waals surface area contributed by atoms with E-state index in [0.29, 0.717) is 6.04 Å². The quantitative estimate of drug-likeness (QED) is 0.909. The van der Waals surface area contributed by atoms with Crippen LogP contribution in [0.1, 0.15) is 50.1 Å². The van der Waals surface area contributed by atoms with Gasteiger partial charge in [-0.25, -0.2) is 0 Å². The lowest BCUT2D eigenvalue weighted by molar-refractivity contribution is 0.240. The first kappa shape index (κ1) is 13.7. The van der Waals surface area contributed by atoms with E-state index in [9.17, 15) is 0 Å². The van der Waals surface area contributed by atoms with Crippen LogP contribution < -0.4 is 14.8 Å². The zero-order chi connectivity index (χ0) is 13.8. The fourth-order valence-corrected chi connectivity index (χ4v) is 3.41. The average Bonchev–Trinajstić information content (AvgIpc) is 2.53. The Kier molecular flexibility index (Phi) is 4.46. The summed E-state index contributed by atoms with van der Waals surface area (Å²) < 4.78 is 11.1. The van der Waals surface area contributed by atoms with Crippen molar-refractivity contribution in [2.24, 2.45) is 5.92 Å². The molecule has 2 aliphatic rings. The number of fused-ring (bicyclic) bond motifs is 1. The van der Waals surface area contributed by atoms with Gasteiger partial charge in [0, 0.05) is 18.0 Å². The van der Waals surface area contributed by atoms with Gasteiger partial charge >= 0.3 is 0 Å². The molecule has 1 atom stereocenters. The standard InChI is InChI=1S/C17H25NO2/c1-19-14-7-8-17-15(11-14)16(9-10-20-17)18-12-13-5-3-2-4-6-13/h7-8,11,13,16,18H,2-6,9-10,12H2,1H3. The highest BCUT2D eigenvalue weighted by atomic mass is 16.5. The number of rotatable bonds is 4. The van der Waals surface area contributed by atoms with E-state index in [-0.39, 0.29) is 0 Å². The Morgan fingerprint density at radius 2 is 2.05 bits per heavy atom. The molecule has 0 saturated heterocycles. The highest BCUT2D eigenvalue weighted by Crippen LogP contribution is 2.35. The third-order valence-corrected chi connectivity index (χ3v) is 4.63. The van der Waals surface area contributed by atoms with Crippen LogP contribution in [0.25, 0.3) is 0 Å². The fraction of sp³-hybridized carbons (Fsp3) is 0.647. The zero-order valence-electron chi connectivity index (χ0n) is 12.4. The lowest BCUT2D eigenvalue weighted by Gasteiger charge is -2.30. The molecule has 3 heteroatoms. The van der Waals surface area contributed by atoms with Crippen LogP contribution in [-0.4, -0.2) is 20.3 Å². The molecule has 1 N–H and O–H groups in total. The van der Waals surface area contributed by atoms with E-state index in [2.05, 4.69) is 11.4 Å². The third kappa shape index (κ3) is 3.09. The van der Waals surface area contributed by atoms with Crippen LogP contribution in [0.15, 0.2) is 18.2 Å². The molecule has 0 amide bonds. The van der Waals surface area contributed by atoms with Gasteiger partial charge in [0.1, 0.15) is 11.5 Å². The van der Waals surface area contributed by atoms with Crippen molar-refractivity contribution in [3.05, 3.63) is 23.8 Å². The number of ether oxygens (including phenoxy) is 2. The Morgan fingerprint density at radius 1 is 1.20 bits per heavy atom. The summed E-state index contributed by atoms with van der Waals surface area (Å²) in [5.74, 6) is 2.79. The summed E-state index contributed by atoms with van der Waals surface area (Å²) in [5.41, 5.74) is 1.26. The minimum absolute atomic E-state index is 0.413. The van der Waals surface area contributed by atoms with Gasteiger partial charge in [-0.2, -0.15) is 0 Å². The van der Waals surface area contributed by atoms with Crippen molar-refractivity contribution in [2.45, 2.75) is 44.6 Å². The van der Waals surface area contributed by atoms with Crippen LogP contribution in [0.4, 0.5) is 0 Å². The van der Waals surface area contributed by atoms with Crippen molar-refractivity contribution in [1.82, 2.24) is 5.32 Å². The van der Waals surface area contributed by atoms with Gasteiger partial charge in [0.25, 0.3) is 0 Å². The van der Waals surface area contributed by atoms with Crippen molar-refractivity contribution in [3.63, 3.8) is 0 Å². The molecule has 0 bridgehead atoms. The second-order valence-corrected chi connectivity index (χ2v) is 6.01. The van der Waals surface area contributed by atoms with E-state index in [0.717, 1.165) is 37.0 Å². The lowest BCUT2D eigenvalue weighted by atomic mass is 9.88. The Labute approximate surface area is 121 Å².